The van der Waals surface area contributed by atoms with E-state index < -0.39 is 0 Å². The lowest BCUT2D eigenvalue weighted by Crippen LogP contribution is -2.15. The van der Waals surface area contributed by atoms with Crippen molar-refractivity contribution in [2.75, 3.05) is 25.6 Å². The Kier molecular flexibility index (Phi) is 8.32. The van der Waals surface area contributed by atoms with Crippen LogP contribution in [0.1, 0.15) is 6.92 Å². The summed E-state index contributed by atoms with van der Waals surface area (Å²) in [6.45, 7) is 3.63. The van der Waals surface area contributed by atoms with Gasteiger partial charge in [-0.05, 0) is 31.2 Å². The topological polar surface area (TPSA) is 58.9 Å². The zero-order valence-corrected chi connectivity index (χ0v) is 15.2. The molecule has 2 aromatic rings. The highest BCUT2D eigenvalue weighted by molar-refractivity contribution is 8.03. The maximum absolute atomic E-state index is 9.95. The maximum Gasteiger partial charge on any atom is 0.129 e. The summed E-state index contributed by atoms with van der Waals surface area (Å²) in [6, 6.07) is 14.4. The number of phenols is 2. The first-order chi connectivity index (χ1) is 11.7. The van der Waals surface area contributed by atoms with Crippen molar-refractivity contribution in [3.63, 3.8) is 0 Å². The van der Waals surface area contributed by atoms with Crippen molar-refractivity contribution in [1.29, 1.82) is 0 Å². The van der Waals surface area contributed by atoms with Crippen LogP contribution >= 0.6 is 23.5 Å². The molecule has 0 aliphatic carbocycles. The standard InChI is InChI=1S/C18H22O4S2/c1-2-21-11-12-22-18(24-17-10-6-4-8-15(17)20)13-23-16-9-5-3-7-14(16)19/h3-10,18-20H,2,11-13H2,1H3. The van der Waals surface area contributed by atoms with E-state index in [-0.39, 0.29) is 16.9 Å². The number of aromatic hydroxyl groups is 2. The number of rotatable bonds is 10. The predicted octanol–water partition coefficient (Wildman–Crippen LogP) is 4.36. The SMILES string of the molecule is CCOCCOC(CSc1ccccc1O)Sc1ccccc1O. The molecule has 2 aromatic carbocycles. The largest absolute Gasteiger partial charge is 0.507 e. The first-order valence-electron chi connectivity index (χ1n) is 7.75. The number of para-hydroxylation sites is 2. The fraction of sp³-hybridized carbons (Fsp3) is 0.333. The van der Waals surface area contributed by atoms with Crippen LogP contribution in [0.5, 0.6) is 11.5 Å². The van der Waals surface area contributed by atoms with Gasteiger partial charge in [0.05, 0.1) is 18.1 Å². The Morgan fingerprint density at radius 1 is 0.917 bits per heavy atom. The third-order valence-electron chi connectivity index (χ3n) is 3.10. The summed E-state index contributed by atoms with van der Waals surface area (Å²) >= 11 is 2.99. The van der Waals surface area contributed by atoms with E-state index in [0.29, 0.717) is 25.6 Å². The summed E-state index contributed by atoms with van der Waals surface area (Å²) in [5, 5.41) is 19.8. The second-order valence-electron chi connectivity index (χ2n) is 4.86. The van der Waals surface area contributed by atoms with Crippen LogP contribution in [0.3, 0.4) is 0 Å². The van der Waals surface area contributed by atoms with Crippen molar-refractivity contribution in [2.24, 2.45) is 0 Å². The summed E-state index contributed by atoms with van der Waals surface area (Å²) in [5.74, 6) is 1.15. The molecular weight excluding hydrogens is 344 g/mol. The zero-order valence-electron chi connectivity index (χ0n) is 13.6. The molecular formula is C18H22O4S2. The van der Waals surface area contributed by atoms with Crippen LogP contribution in [-0.4, -0.2) is 41.2 Å². The van der Waals surface area contributed by atoms with Gasteiger partial charge in [-0.2, -0.15) is 0 Å². The molecule has 4 nitrogen and oxygen atoms in total. The maximum atomic E-state index is 9.95. The average molecular weight is 367 g/mol. The Bertz CT molecular complexity index is 621. The summed E-state index contributed by atoms with van der Waals surface area (Å²) in [4.78, 5) is 1.59. The van der Waals surface area contributed by atoms with Gasteiger partial charge in [0.25, 0.3) is 0 Å². The van der Waals surface area contributed by atoms with Crippen molar-refractivity contribution < 1.29 is 19.7 Å². The molecule has 0 saturated heterocycles. The van der Waals surface area contributed by atoms with Crippen LogP contribution in [0, 0.1) is 0 Å². The van der Waals surface area contributed by atoms with Gasteiger partial charge in [0.2, 0.25) is 0 Å². The monoisotopic (exact) mass is 366 g/mol. The summed E-state index contributed by atoms with van der Waals surface area (Å²) < 4.78 is 11.2. The molecule has 6 heteroatoms. The van der Waals surface area contributed by atoms with Gasteiger partial charge in [-0.25, -0.2) is 0 Å². The quantitative estimate of drug-likeness (QED) is 0.370. The Morgan fingerprint density at radius 2 is 1.54 bits per heavy atom. The first-order valence-corrected chi connectivity index (χ1v) is 9.62. The van der Waals surface area contributed by atoms with Crippen LogP contribution in [-0.2, 0) is 9.47 Å². The van der Waals surface area contributed by atoms with E-state index in [0.717, 1.165) is 9.79 Å². The number of ether oxygens (including phenoxy) is 2. The van der Waals surface area contributed by atoms with Gasteiger partial charge in [0.15, 0.2) is 0 Å². The minimum atomic E-state index is -0.164. The highest BCUT2D eigenvalue weighted by Crippen LogP contribution is 2.36. The molecule has 2 rings (SSSR count). The molecule has 0 spiro atoms. The summed E-state index contributed by atoms with van der Waals surface area (Å²) in [6.07, 6.45) is 0. The van der Waals surface area contributed by atoms with Gasteiger partial charge >= 0.3 is 0 Å². The van der Waals surface area contributed by atoms with Crippen LogP contribution in [0.4, 0.5) is 0 Å². The van der Waals surface area contributed by atoms with E-state index in [1.54, 1.807) is 24.3 Å². The van der Waals surface area contributed by atoms with E-state index in [4.69, 9.17) is 9.47 Å². The summed E-state index contributed by atoms with van der Waals surface area (Å²) in [5.41, 5.74) is -0.164. The summed E-state index contributed by atoms with van der Waals surface area (Å²) in [7, 11) is 0. The Balaban J connectivity index is 1.96. The lowest BCUT2D eigenvalue weighted by molar-refractivity contribution is 0.0485. The Morgan fingerprint density at radius 3 is 2.17 bits per heavy atom. The van der Waals surface area contributed by atoms with Gasteiger partial charge in [-0.3, -0.25) is 0 Å². The highest BCUT2D eigenvalue weighted by Gasteiger charge is 2.15. The third kappa shape index (κ3) is 6.28. The molecule has 0 fully saturated rings. The van der Waals surface area contributed by atoms with Gasteiger partial charge in [-0.1, -0.05) is 36.0 Å². The Labute approximate surface area is 151 Å². The lowest BCUT2D eigenvalue weighted by atomic mass is 10.3. The fourth-order valence-corrected chi connectivity index (χ4v) is 4.01. The molecule has 0 aliphatic rings. The second kappa shape index (κ2) is 10.5. The lowest BCUT2D eigenvalue weighted by Gasteiger charge is -2.18. The number of phenolic OH excluding ortho intramolecular Hbond substituents is 2. The van der Waals surface area contributed by atoms with E-state index in [1.807, 2.05) is 31.2 Å². The molecule has 0 saturated carbocycles. The normalized spacial score (nSPS) is 12.2. The highest BCUT2D eigenvalue weighted by atomic mass is 32.2. The van der Waals surface area contributed by atoms with Crippen LogP contribution in [0.25, 0.3) is 0 Å². The minimum Gasteiger partial charge on any atom is -0.507 e. The number of hydrogen-bond acceptors (Lipinski definition) is 6. The van der Waals surface area contributed by atoms with Gasteiger partial charge in [0.1, 0.15) is 16.9 Å². The third-order valence-corrected chi connectivity index (χ3v) is 5.60. The van der Waals surface area contributed by atoms with Crippen LogP contribution in [0.2, 0.25) is 0 Å². The minimum absolute atomic E-state index is 0.164. The zero-order chi connectivity index (χ0) is 17.2. The molecule has 0 amide bonds. The molecule has 0 aromatic heterocycles. The van der Waals surface area contributed by atoms with Crippen molar-refractivity contribution >= 4 is 23.5 Å². The van der Waals surface area contributed by atoms with E-state index in [1.165, 1.54) is 23.5 Å². The average Bonchev–Trinajstić information content (AvgIpc) is 2.59. The molecule has 0 aliphatic heterocycles. The molecule has 130 valence electrons. The van der Waals surface area contributed by atoms with Gasteiger partial charge in [-0.15, -0.1) is 11.8 Å². The molecule has 0 bridgehead atoms. The predicted molar refractivity (Wildman–Crippen MR) is 99.0 cm³/mol. The Hall–Kier alpha value is -1.34. The van der Waals surface area contributed by atoms with Crippen LogP contribution < -0.4 is 0 Å². The molecule has 1 unspecified atom stereocenters. The van der Waals surface area contributed by atoms with E-state index >= 15 is 0 Å². The molecule has 2 N–H and O–H groups in total. The van der Waals surface area contributed by atoms with Crippen molar-refractivity contribution in [1.82, 2.24) is 0 Å². The van der Waals surface area contributed by atoms with Crippen molar-refractivity contribution in [2.45, 2.75) is 22.2 Å². The smallest absolute Gasteiger partial charge is 0.129 e. The second-order valence-corrected chi connectivity index (χ2v) is 7.12. The number of benzene rings is 2. The fourth-order valence-electron chi connectivity index (χ4n) is 1.93. The van der Waals surface area contributed by atoms with E-state index in [9.17, 15) is 10.2 Å². The van der Waals surface area contributed by atoms with Crippen molar-refractivity contribution in [3.8, 4) is 11.5 Å². The number of hydrogen-bond donors (Lipinski definition) is 2. The van der Waals surface area contributed by atoms with E-state index in [2.05, 4.69) is 0 Å². The number of thioether (sulfide) groups is 2. The first kappa shape index (κ1) is 19.0. The van der Waals surface area contributed by atoms with Gasteiger partial charge in [0, 0.05) is 17.3 Å². The van der Waals surface area contributed by atoms with Crippen molar-refractivity contribution in [3.05, 3.63) is 48.5 Å². The van der Waals surface area contributed by atoms with Crippen LogP contribution in [0.15, 0.2) is 58.3 Å². The molecule has 1 atom stereocenters. The molecule has 0 radical (unpaired) electrons. The molecule has 24 heavy (non-hydrogen) atoms. The van der Waals surface area contributed by atoms with Gasteiger partial charge < -0.3 is 19.7 Å². The molecule has 0 heterocycles.